The van der Waals surface area contributed by atoms with E-state index in [0.29, 0.717) is 5.91 Å². The van der Waals surface area contributed by atoms with Crippen LogP contribution in [0.5, 0.6) is 0 Å². The fourth-order valence-electron chi connectivity index (χ4n) is 3.96. The van der Waals surface area contributed by atoms with Gasteiger partial charge in [-0.1, -0.05) is 18.2 Å². The summed E-state index contributed by atoms with van der Waals surface area (Å²) in [7, 11) is 0. The van der Waals surface area contributed by atoms with Gasteiger partial charge in [0.05, 0.1) is 6.04 Å². The lowest BCUT2D eigenvalue weighted by atomic mass is 9.95. The molecule has 3 heteroatoms. The third-order valence-corrected chi connectivity index (χ3v) is 5.36. The molecule has 3 rings (SSSR count). The number of nitrogens with zero attached hydrogens (tertiary/aromatic N) is 1. The highest BCUT2D eigenvalue weighted by atomic mass is 16.2. The Morgan fingerprint density at radius 3 is 2.76 bits per heavy atom. The van der Waals surface area contributed by atoms with E-state index in [-0.39, 0.29) is 18.0 Å². The van der Waals surface area contributed by atoms with Gasteiger partial charge in [0.2, 0.25) is 5.91 Å². The van der Waals surface area contributed by atoms with E-state index in [2.05, 4.69) is 36.9 Å². The predicted molar refractivity (Wildman–Crippen MR) is 84.9 cm³/mol. The quantitative estimate of drug-likeness (QED) is 0.908. The summed E-state index contributed by atoms with van der Waals surface area (Å²) >= 11 is 0. The molecule has 0 radical (unpaired) electrons. The highest BCUT2D eigenvalue weighted by Gasteiger charge is 2.37. The van der Waals surface area contributed by atoms with E-state index in [1.807, 2.05) is 0 Å². The van der Waals surface area contributed by atoms with Gasteiger partial charge in [0.1, 0.15) is 0 Å². The molecule has 2 N–H and O–H groups in total. The van der Waals surface area contributed by atoms with Crippen molar-refractivity contribution >= 4 is 5.91 Å². The minimum Gasteiger partial charge on any atom is -0.335 e. The van der Waals surface area contributed by atoms with Crippen LogP contribution in [-0.4, -0.2) is 23.4 Å². The van der Waals surface area contributed by atoms with Crippen LogP contribution in [-0.2, 0) is 4.79 Å². The number of nitrogens with two attached hydrogens (primary N) is 1. The molecule has 1 aliphatic heterocycles. The van der Waals surface area contributed by atoms with Crippen molar-refractivity contribution in [3.8, 4) is 0 Å². The summed E-state index contributed by atoms with van der Waals surface area (Å²) in [5, 5.41) is 0. The maximum Gasteiger partial charge on any atom is 0.226 e. The number of amides is 1. The molecule has 1 heterocycles. The Morgan fingerprint density at radius 1 is 1.24 bits per heavy atom. The van der Waals surface area contributed by atoms with E-state index in [0.717, 1.165) is 38.6 Å². The largest absolute Gasteiger partial charge is 0.335 e. The molecule has 2 aliphatic rings. The third-order valence-electron chi connectivity index (χ3n) is 5.36. The number of carbonyl (C=O) groups excluding carboxylic acids is 1. The average Bonchev–Trinajstić information content (AvgIpc) is 3.10. The van der Waals surface area contributed by atoms with Crippen LogP contribution in [0, 0.1) is 19.8 Å². The van der Waals surface area contributed by atoms with E-state index in [1.54, 1.807) is 0 Å². The summed E-state index contributed by atoms with van der Waals surface area (Å²) in [5.41, 5.74) is 9.97. The van der Waals surface area contributed by atoms with Gasteiger partial charge in [-0.05, 0) is 62.6 Å². The molecular weight excluding hydrogens is 260 g/mol. The number of hydrogen-bond acceptors (Lipinski definition) is 2. The second-order valence-corrected chi connectivity index (χ2v) is 6.75. The van der Waals surface area contributed by atoms with Gasteiger partial charge >= 0.3 is 0 Å². The molecule has 21 heavy (non-hydrogen) atoms. The molecule has 3 atom stereocenters. The van der Waals surface area contributed by atoms with Crippen molar-refractivity contribution in [2.24, 2.45) is 11.7 Å². The van der Waals surface area contributed by atoms with Crippen LogP contribution in [0.3, 0.4) is 0 Å². The first-order chi connectivity index (χ1) is 10.1. The lowest BCUT2D eigenvalue weighted by molar-refractivity contribution is -0.136. The Labute approximate surface area is 127 Å². The van der Waals surface area contributed by atoms with Gasteiger partial charge in [-0.15, -0.1) is 0 Å². The van der Waals surface area contributed by atoms with Crippen LogP contribution < -0.4 is 5.73 Å². The molecule has 114 valence electrons. The third kappa shape index (κ3) is 2.71. The standard InChI is InChI=1S/C18H26N2O/c1-12-5-3-6-16(13(12)2)17-7-4-10-20(17)18(21)14-8-9-15(19)11-14/h3,5-6,14-15,17H,4,7-11,19H2,1-2H3. The van der Waals surface area contributed by atoms with Crippen LogP contribution in [0.4, 0.5) is 0 Å². The first-order valence-corrected chi connectivity index (χ1v) is 8.20. The summed E-state index contributed by atoms with van der Waals surface area (Å²) in [4.78, 5) is 15.0. The number of hydrogen-bond donors (Lipinski definition) is 1. The van der Waals surface area contributed by atoms with Crippen LogP contribution in [0.25, 0.3) is 0 Å². The van der Waals surface area contributed by atoms with Gasteiger partial charge in [-0.3, -0.25) is 4.79 Å². The van der Waals surface area contributed by atoms with Gasteiger partial charge in [-0.2, -0.15) is 0 Å². The molecule has 3 nitrogen and oxygen atoms in total. The minimum absolute atomic E-state index is 0.158. The Hall–Kier alpha value is -1.35. The van der Waals surface area contributed by atoms with E-state index >= 15 is 0 Å². The van der Waals surface area contributed by atoms with Crippen molar-refractivity contribution in [3.05, 3.63) is 34.9 Å². The number of aryl methyl sites for hydroxylation is 1. The summed E-state index contributed by atoms with van der Waals surface area (Å²) in [6.07, 6.45) is 5.04. The molecule has 1 amide bonds. The average molecular weight is 286 g/mol. The highest BCUT2D eigenvalue weighted by molar-refractivity contribution is 5.80. The first-order valence-electron chi connectivity index (χ1n) is 8.20. The van der Waals surface area contributed by atoms with E-state index in [9.17, 15) is 4.79 Å². The van der Waals surface area contributed by atoms with Crippen molar-refractivity contribution in [3.63, 3.8) is 0 Å². The number of benzene rings is 1. The normalized spacial score (nSPS) is 29.1. The highest BCUT2D eigenvalue weighted by Crippen LogP contribution is 2.37. The Kier molecular flexibility index (Phi) is 4.03. The van der Waals surface area contributed by atoms with Crippen molar-refractivity contribution < 1.29 is 4.79 Å². The lowest BCUT2D eigenvalue weighted by Gasteiger charge is -2.29. The fourth-order valence-corrected chi connectivity index (χ4v) is 3.96. The molecule has 0 bridgehead atoms. The molecule has 1 aromatic rings. The second kappa shape index (κ2) is 5.80. The zero-order valence-electron chi connectivity index (χ0n) is 13.1. The van der Waals surface area contributed by atoms with Crippen molar-refractivity contribution in [1.29, 1.82) is 0 Å². The molecular formula is C18H26N2O. The van der Waals surface area contributed by atoms with E-state index < -0.39 is 0 Å². The summed E-state index contributed by atoms with van der Waals surface area (Å²) < 4.78 is 0. The van der Waals surface area contributed by atoms with Crippen molar-refractivity contribution in [2.75, 3.05) is 6.54 Å². The van der Waals surface area contributed by atoms with Gasteiger partial charge in [0, 0.05) is 18.5 Å². The zero-order valence-corrected chi connectivity index (χ0v) is 13.1. The Bertz CT molecular complexity index is 540. The number of carbonyl (C=O) groups is 1. The molecule has 1 aromatic carbocycles. The van der Waals surface area contributed by atoms with Gasteiger partial charge in [0.25, 0.3) is 0 Å². The van der Waals surface area contributed by atoms with Crippen LogP contribution >= 0.6 is 0 Å². The summed E-state index contributed by atoms with van der Waals surface area (Å²) in [6.45, 7) is 5.23. The van der Waals surface area contributed by atoms with Gasteiger partial charge in [-0.25, -0.2) is 0 Å². The van der Waals surface area contributed by atoms with Gasteiger partial charge in [0.15, 0.2) is 0 Å². The number of likely N-dealkylation sites (tertiary alicyclic amines) is 1. The molecule has 2 fully saturated rings. The summed E-state index contributed by atoms with van der Waals surface area (Å²) in [6, 6.07) is 6.95. The van der Waals surface area contributed by atoms with Crippen molar-refractivity contribution in [2.45, 2.75) is 58.0 Å². The SMILES string of the molecule is Cc1cccc(C2CCCN2C(=O)C2CCC(N)C2)c1C. The lowest BCUT2D eigenvalue weighted by Crippen LogP contribution is -2.35. The molecule has 1 saturated heterocycles. The van der Waals surface area contributed by atoms with E-state index in [1.165, 1.54) is 16.7 Å². The smallest absolute Gasteiger partial charge is 0.226 e. The van der Waals surface area contributed by atoms with Crippen LogP contribution in [0.15, 0.2) is 18.2 Å². The molecule has 1 saturated carbocycles. The monoisotopic (exact) mass is 286 g/mol. The van der Waals surface area contributed by atoms with Crippen LogP contribution in [0.1, 0.15) is 54.8 Å². The predicted octanol–water partition coefficient (Wildman–Crippen LogP) is 3.09. The Morgan fingerprint density at radius 2 is 2.05 bits per heavy atom. The van der Waals surface area contributed by atoms with Crippen LogP contribution in [0.2, 0.25) is 0 Å². The fraction of sp³-hybridized carbons (Fsp3) is 0.611. The van der Waals surface area contributed by atoms with Crippen molar-refractivity contribution in [1.82, 2.24) is 4.90 Å². The maximum absolute atomic E-state index is 12.8. The minimum atomic E-state index is 0.158. The van der Waals surface area contributed by atoms with Gasteiger partial charge < -0.3 is 10.6 Å². The zero-order chi connectivity index (χ0) is 15.0. The molecule has 3 unspecified atom stereocenters. The summed E-state index contributed by atoms with van der Waals surface area (Å²) in [5.74, 6) is 0.497. The van der Waals surface area contributed by atoms with E-state index in [4.69, 9.17) is 5.73 Å². The number of rotatable bonds is 2. The molecule has 0 spiro atoms. The Balaban J connectivity index is 1.82. The molecule has 1 aliphatic carbocycles. The maximum atomic E-state index is 12.8. The first kappa shape index (κ1) is 14.6. The second-order valence-electron chi connectivity index (χ2n) is 6.75. The topological polar surface area (TPSA) is 46.3 Å². The molecule has 0 aromatic heterocycles.